The normalized spacial score (nSPS) is 16.3. The van der Waals surface area contributed by atoms with Crippen LogP contribution in [0.15, 0.2) is 113 Å². The molecule has 6 rings (SSSR count). The lowest BCUT2D eigenvalue weighted by molar-refractivity contribution is 1.07. The predicted octanol–water partition coefficient (Wildman–Crippen LogP) is 8.34. The van der Waals surface area contributed by atoms with Crippen molar-refractivity contribution in [3.8, 4) is 5.69 Å². The summed E-state index contributed by atoms with van der Waals surface area (Å²) in [6.45, 7) is 4.96. The second kappa shape index (κ2) is 8.95. The number of benzene rings is 2. The van der Waals surface area contributed by atoms with Gasteiger partial charge in [-0.05, 0) is 72.3 Å². The van der Waals surface area contributed by atoms with E-state index in [-0.39, 0.29) is 0 Å². The van der Waals surface area contributed by atoms with Crippen LogP contribution in [-0.4, -0.2) is 21.1 Å². The number of hydrogen-bond acceptors (Lipinski definition) is 3. The largest absolute Gasteiger partial charge is 0.336 e. The maximum atomic E-state index is 4.70. The van der Waals surface area contributed by atoms with Crippen molar-refractivity contribution in [1.82, 2.24) is 14.5 Å². The van der Waals surface area contributed by atoms with Crippen LogP contribution in [0.1, 0.15) is 5.69 Å². The van der Waals surface area contributed by atoms with E-state index < -0.39 is 0 Å². The molecule has 0 bridgehead atoms. The van der Waals surface area contributed by atoms with Gasteiger partial charge >= 0.3 is 0 Å². The number of rotatable bonds is 2. The lowest BCUT2D eigenvalue weighted by atomic mass is 10.1. The molecule has 0 saturated carbocycles. The zero-order valence-corrected chi connectivity index (χ0v) is 21.9. The molecule has 0 amide bonds. The molecule has 5 aromatic rings. The zero-order valence-electron chi connectivity index (χ0n) is 18.7. The van der Waals surface area contributed by atoms with E-state index in [1.54, 1.807) is 0 Å². The number of halogens is 2. The highest BCUT2D eigenvalue weighted by atomic mass is 79.9. The van der Waals surface area contributed by atoms with E-state index in [0.717, 1.165) is 59.2 Å². The Hall–Kier alpha value is -3.48. The van der Waals surface area contributed by atoms with Gasteiger partial charge in [0.15, 0.2) is 0 Å². The molecule has 0 N–H and O–H groups in total. The molecule has 3 aromatic heterocycles. The van der Waals surface area contributed by atoms with Gasteiger partial charge in [-0.25, -0.2) is 0 Å². The predicted molar refractivity (Wildman–Crippen MR) is 153 cm³/mol. The number of nitrogens with zero attached hydrogens (tertiary/aromatic N) is 4. The van der Waals surface area contributed by atoms with Crippen LogP contribution in [0.4, 0.5) is 11.4 Å². The van der Waals surface area contributed by atoms with Crippen molar-refractivity contribution in [3.05, 3.63) is 119 Å². The monoisotopic (exact) mass is 582 g/mol. The Morgan fingerprint density at radius 2 is 1.66 bits per heavy atom. The van der Waals surface area contributed by atoms with Crippen molar-refractivity contribution >= 4 is 70.7 Å². The molecule has 170 valence electrons. The first kappa shape index (κ1) is 22.0. The van der Waals surface area contributed by atoms with E-state index in [4.69, 9.17) is 4.98 Å². The molecule has 0 radical (unpaired) electrons. The Balaban J connectivity index is 1.55. The van der Waals surface area contributed by atoms with E-state index in [2.05, 4.69) is 120 Å². The smallest absolute Gasteiger partial charge is 0.0963 e. The number of fused-ring (bicyclic) bond motifs is 4. The SMILES string of the molecule is C=C1/C=C(Br)\C=C/CN(c2cccc(-n3c4ccc(Br)cc4c4ncccc43)c2)c2cccnc21. The van der Waals surface area contributed by atoms with Crippen molar-refractivity contribution in [2.24, 2.45) is 0 Å². The molecule has 0 aliphatic carbocycles. The summed E-state index contributed by atoms with van der Waals surface area (Å²) in [4.78, 5) is 11.6. The summed E-state index contributed by atoms with van der Waals surface area (Å²) in [5, 5.41) is 1.12. The van der Waals surface area contributed by atoms with Crippen LogP contribution in [-0.2, 0) is 0 Å². The van der Waals surface area contributed by atoms with Crippen LogP contribution >= 0.6 is 31.9 Å². The Bertz CT molecular complexity index is 1680. The van der Waals surface area contributed by atoms with Crippen LogP contribution in [0.25, 0.3) is 33.2 Å². The van der Waals surface area contributed by atoms with E-state index >= 15 is 0 Å². The van der Waals surface area contributed by atoms with Gasteiger partial charge in [-0.3, -0.25) is 9.97 Å². The first-order valence-corrected chi connectivity index (χ1v) is 12.8. The van der Waals surface area contributed by atoms with Gasteiger partial charge < -0.3 is 9.47 Å². The van der Waals surface area contributed by atoms with Gasteiger partial charge in [0.2, 0.25) is 0 Å². The average Bonchev–Trinajstić information content (AvgIpc) is 3.22. The van der Waals surface area contributed by atoms with Crippen molar-refractivity contribution in [2.75, 3.05) is 11.4 Å². The highest BCUT2D eigenvalue weighted by Gasteiger charge is 2.18. The van der Waals surface area contributed by atoms with Crippen molar-refractivity contribution in [1.29, 1.82) is 0 Å². The summed E-state index contributed by atoms with van der Waals surface area (Å²) in [7, 11) is 0. The van der Waals surface area contributed by atoms with Gasteiger partial charge in [0.25, 0.3) is 0 Å². The minimum absolute atomic E-state index is 0.694. The molecule has 0 atom stereocenters. The third-order valence-corrected chi connectivity index (χ3v) is 7.13. The molecule has 1 aliphatic heterocycles. The minimum atomic E-state index is 0.694. The van der Waals surface area contributed by atoms with E-state index in [1.165, 1.54) is 0 Å². The molecule has 6 heteroatoms. The highest BCUT2D eigenvalue weighted by molar-refractivity contribution is 9.12. The highest BCUT2D eigenvalue weighted by Crippen LogP contribution is 2.36. The Labute approximate surface area is 220 Å². The fourth-order valence-corrected chi connectivity index (χ4v) is 5.47. The standard InChI is InChI=1S/C29H20Br2N4/c1-19-16-20(30)6-5-15-34(26-9-3-13-32-28(19)26)22-7-2-8-23(18-22)35-25-12-11-21(31)17-24(25)29-27(35)10-4-14-33-29/h2-14,16-18H,1,15H2/b6-5-,20-16+. The summed E-state index contributed by atoms with van der Waals surface area (Å²) >= 11 is 7.24. The second-order valence-corrected chi connectivity index (χ2v) is 10.2. The van der Waals surface area contributed by atoms with E-state index in [0.29, 0.717) is 6.54 Å². The lowest BCUT2D eigenvalue weighted by Gasteiger charge is -2.26. The summed E-state index contributed by atoms with van der Waals surface area (Å²) < 4.78 is 4.29. The number of pyridine rings is 2. The molecule has 2 aromatic carbocycles. The molecule has 0 unspecified atom stereocenters. The Kier molecular flexibility index (Phi) is 5.63. The lowest BCUT2D eigenvalue weighted by Crippen LogP contribution is -2.19. The first-order chi connectivity index (χ1) is 17.1. The topological polar surface area (TPSA) is 34.0 Å². The summed E-state index contributed by atoms with van der Waals surface area (Å²) in [5.74, 6) is 0. The quantitative estimate of drug-likeness (QED) is 0.209. The fraction of sp³-hybridized carbons (Fsp3) is 0.0345. The van der Waals surface area contributed by atoms with Crippen LogP contribution in [0.3, 0.4) is 0 Å². The van der Waals surface area contributed by atoms with Crippen molar-refractivity contribution < 1.29 is 0 Å². The minimum Gasteiger partial charge on any atom is -0.336 e. The van der Waals surface area contributed by atoms with Gasteiger partial charge in [0.1, 0.15) is 0 Å². The third-order valence-electron chi connectivity index (χ3n) is 6.14. The van der Waals surface area contributed by atoms with E-state index in [1.807, 2.05) is 30.6 Å². The van der Waals surface area contributed by atoms with Crippen LogP contribution in [0, 0.1) is 0 Å². The van der Waals surface area contributed by atoms with Crippen LogP contribution in [0.5, 0.6) is 0 Å². The zero-order chi connectivity index (χ0) is 23.9. The van der Waals surface area contributed by atoms with Crippen LogP contribution < -0.4 is 4.90 Å². The van der Waals surface area contributed by atoms with Gasteiger partial charge in [0.05, 0.1) is 27.9 Å². The molecule has 4 heterocycles. The average molecular weight is 584 g/mol. The van der Waals surface area contributed by atoms with Gasteiger partial charge in [-0.15, -0.1) is 0 Å². The Morgan fingerprint density at radius 3 is 2.57 bits per heavy atom. The molecule has 1 aliphatic rings. The first-order valence-electron chi connectivity index (χ1n) is 11.2. The summed E-state index contributed by atoms with van der Waals surface area (Å²) in [5.41, 5.74) is 8.07. The second-order valence-electron chi connectivity index (χ2n) is 8.33. The van der Waals surface area contributed by atoms with Gasteiger partial charge in [0, 0.05) is 44.7 Å². The molecule has 4 nitrogen and oxygen atoms in total. The fourth-order valence-electron chi connectivity index (χ4n) is 4.64. The maximum absolute atomic E-state index is 4.70. The van der Waals surface area contributed by atoms with Crippen LogP contribution in [0.2, 0.25) is 0 Å². The number of aromatic nitrogens is 3. The molecule has 35 heavy (non-hydrogen) atoms. The van der Waals surface area contributed by atoms with Gasteiger partial charge in [-0.2, -0.15) is 0 Å². The summed E-state index contributed by atoms with van der Waals surface area (Å²) in [6, 6.07) is 23.1. The molecular weight excluding hydrogens is 564 g/mol. The number of anilines is 2. The maximum Gasteiger partial charge on any atom is 0.0963 e. The number of hydrogen-bond donors (Lipinski definition) is 0. The molecule has 0 saturated heterocycles. The number of allylic oxidation sites excluding steroid dienone is 4. The molecule has 0 fully saturated rings. The molecule has 0 spiro atoms. The van der Waals surface area contributed by atoms with Crippen molar-refractivity contribution in [2.45, 2.75) is 0 Å². The van der Waals surface area contributed by atoms with Gasteiger partial charge in [-0.1, -0.05) is 56.7 Å². The third kappa shape index (κ3) is 3.93. The molecular formula is C29H20Br2N4. The van der Waals surface area contributed by atoms with E-state index in [9.17, 15) is 0 Å². The van der Waals surface area contributed by atoms with Crippen molar-refractivity contribution in [3.63, 3.8) is 0 Å². The Morgan fingerprint density at radius 1 is 0.829 bits per heavy atom. The summed E-state index contributed by atoms with van der Waals surface area (Å²) in [6.07, 6.45) is 9.87.